The molecule has 2 heterocycles. The van der Waals surface area contributed by atoms with Gasteiger partial charge in [-0.2, -0.15) is 0 Å². The van der Waals surface area contributed by atoms with Gasteiger partial charge in [0.15, 0.2) is 0 Å². The lowest BCUT2D eigenvalue weighted by molar-refractivity contribution is -0.0195. The smallest absolute Gasteiger partial charge is 0.252 e. The zero-order valence-corrected chi connectivity index (χ0v) is 27.4. The maximum absolute atomic E-state index is 18.1. The molecule has 0 bridgehead atoms. The summed E-state index contributed by atoms with van der Waals surface area (Å²) in [7, 11) is 25.7. The Bertz CT molecular complexity index is 1280. The van der Waals surface area contributed by atoms with Crippen molar-refractivity contribution in [2.24, 2.45) is 0 Å². The van der Waals surface area contributed by atoms with Crippen molar-refractivity contribution in [1.29, 1.82) is 0 Å². The van der Waals surface area contributed by atoms with E-state index in [9.17, 15) is 9.18 Å². The summed E-state index contributed by atoms with van der Waals surface area (Å²) in [6.07, 6.45) is 1.90. The Labute approximate surface area is 255 Å². The number of likely N-dealkylation sites (tertiary alicyclic amines) is 1. The number of benzene rings is 1. The fraction of sp³-hybridized carbons (Fsp3) is 0.400. The van der Waals surface area contributed by atoms with Crippen LogP contribution in [0.25, 0.3) is 0 Å². The van der Waals surface area contributed by atoms with Crippen molar-refractivity contribution in [3.05, 3.63) is 64.2 Å². The highest BCUT2D eigenvalue weighted by molar-refractivity contribution is 6.62. The Morgan fingerprint density at radius 3 is 1.88 bits per heavy atom. The fourth-order valence-corrected chi connectivity index (χ4v) is 6.54. The zero-order chi connectivity index (χ0) is 30.9. The number of pyridine rings is 1. The molecule has 1 amide bonds. The van der Waals surface area contributed by atoms with Crippen LogP contribution in [0.1, 0.15) is 21.6 Å². The Morgan fingerprint density at radius 1 is 0.925 bits per heavy atom. The molecule has 1 N–H and O–H groups in total. The fourth-order valence-electron chi connectivity index (χ4n) is 6.36. The van der Waals surface area contributed by atoms with Crippen molar-refractivity contribution < 1.29 is 13.6 Å². The number of alkyl halides is 1. The molecule has 2 aromatic rings. The predicted molar refractivity (Wildman–Crippen MR) is 199 cm³/mol. The topological polar surface area (TPSA) is 45.2 Å². The molecule has 1 aromatic heterocycles. The minimum atomic E-state index is -1.76. The molecule has 0 atom stereocenters. The molecule has 1 fully saturated rings. The van der Waals surface area contributed by atoms with E-state index >= 15 is 4.39 Å². The van der Waals surface area contributed by atoms with Gasteiger partial charge in [0, 0.05) is 24.0 Å². The second-order valence-corrected chi connectivity index (χ2v) is 15.5. The van der Waals surface area contributed by atoms with Crippen LogP contribution < -0.4 is 5.32 Å². The van der Waals surface area contributed by atoms with Gasteiger partial charge in [0.1, 0.15) is 89.9 Å². The van der Waals surface area contributed by atoms with Crippen LogP contribution in [0.5, 0.6) is 0 Å². The number of carbonyl (C=O) groups is 1. The summed E-state index contributed by atoms with van der Waals surface area (Å²) >= 11 is 6.04. The maximum Gasteiger partial charge on any atom is 0.252 e. The van der Waals surface area contributed by atoms with Gasteiger partial charge in [-0.3, -0.25) is 9.78 Å². The first kappa shape index (κ1) is 33.3. The Kier molecular flexibility index (Phi) is 8.50. The van der Waals surface area contributed by atoms with E-state index in [-0.39, 0.29) is 28.2 Å². The number of piperidine rings is 1. The lowest BCUT2D eigenvalue weighted by Gasteiger charge is -2.74. The largest absolute Gasteiger partial charge is 0.361 e. The maximum atomic E-state index is 18.1. The molecule has 3 rings (SSSR count). The second kappa shape index (κ2) is 10.2. The zero-order valence-electron chi connectivity index (χ0n) is 26.6. The Hall–Kier alpha value is -1.21. The third kappa shape index (κ3) is 5.03. The van der Waals surface area contributed by atoms with Gasteiger partial charge < -0.3 is 10.2 Å². The molecule has 1 aromatic carbocycles. The quantitative estimate of drug-likeness (QED) is 0.366. The number of aromatic nitrogens is 1. The molecular weight excluding hydrogens is 512 g/mol. The van der Waals surface area contributed by atoms with E-state index in [0.29, 0.717) is 0 Å². The van der Waals surface area contributed by atoms with Crippen molar-refractivity contribution in [3.8, 4) is 0 Å². The summed E-state index contributed by atoms with van der Waals surface area (Å²) in [5, 5.41) is -1.10. The number of nitrogens with one attached hydrogen (secondary N) is 1. The molecule has 0 radical (unpaired) electrons. The van der Waals surface area contributed by atoms with Crippen molar-refractivity contribution >= 4 is 120 Å². The van der Waals surface area contributed by atoms with E-state index in [1.54, 1.807) is 4.90 Å². The van der Waals surface area contributed by atoms with E-state index in [4.69, 9.17) is 16.6 Å². The van der Waals surface area contributed by atoms with Crippen LogP contribution in [0, 0.1) is 5.82 Å². The summed E-state index contributed by atoms with van der Waals surface area (Å²) in [5.74, 6) is -0.897. The standard InChI is InChI=1S/C20H35B13ClF2N3O/c21-15(22,23)9-2-4-12(37-6-9)16(24,25)38-7-14(36)17(26,27)19(30,31)39(20(32,33)18(14,28)29)13(40)8-1-3-11(35)10(34)5-8/h1-6,38H,7,21-33H2. The van der Waals surface area contributed by atoms with Crippen molar-refractivity contribution in [3.63, 3.8) is 0 Å². The highest BCUT2D eigenvalue weighted by Crippen LogP contribution is 2.64. The number of carbonyl (C=O) groups excluding carboxylic acids is 1. The molecule has 0 saturated carbocycles. The van der Waals surface area contributed by atoms with Gasteiger partial charge in [-0.15, -0.1) is 0 Å². The summed E-state index contributed by atoms with van der Waals surface area (Å²) < 4.78 is 32.0. The summed E-state index contributed by atoms with van der Waals surface area (Å²) in [5.41, 5.74) is 0.486. The molecule has 1 aliphatic rings. The number of halogens is 3. The van der Waals surface area contributed by atoms with Gasteiger partial charge >= 0.3 is 0 Å². The number of hydrogen-bond donors (Lipinski definition) is 1. The van der Waals surface area contributed by atoms with Gasteiger partial charge in [-0.05, 0) is 56.3 Å². The summed E-state index contributed by atoms with van der Waals surface area (Å²) in [6, 6.07) is 8.09. The molecule has 0 spiro atoms. The first-order chi connectivity index (χ1) is 17.9. The third-order valence-corrected chi connectivity index (χ3v) is 10.9. The van der Waals surface area contributed by atoms with Crippen LogP contribution in [0.15, 0.2) is 36.5 Å². The first-order valence-corrected chi connectivity index (χ1v) is 14.4. The third-order valence-electron chi connectivity index (χ3n) is 10.6. The lowest BCUT2D eigenvalue weighted by atomic mass is 9.15. The van der Waals surface area contributed by atoms with E-state index in [2.05, 4.69) is 34.9 Å². The highest BCUT2D eigenvalue weighted by atomic mass is 35.5. The molecule has 20 heteroatoms. The monoisotopic (exact) mass is 549 g/mol. The average Bonchev–Trinajstić information content (AvgIpc) is 2.82. The van der Waals surface area contributed by atoms with Gasteiger partial charge in [0.25, 0.3) is 5.91 Å². The van der Waals surface area contributed by atoms with Crippen molar-refractivity contribution in [1.82, 2.24) is 15.2 Å². The minimum absolute atomic E-state index is 0.0119. The van der Waals surface area contributed by atoms with Crippen LogP contribution in [0.2, 0.25) is 15.5 Å². The second-order valence-electron chi connectivity index (χ2n) is 15.1. The van der Waals surface area contributed by atoms with Crippen molar-refractivity contribution in [2.75, 3.05) is 6.54 Å². The molecule has 196 valence electrons. The van der Waals surface area contributed by atoms with Gasteiger partial charge in [0.2, 0.25) is 0 Å². The highest BCUT2D eigenvalue weighted by Gasteiger charge is 2.71. The molecule has 4 nitrogen and oxygen atoms in total. The number of hydrogen-bond acceptors (Lipinski definition) is 3. The van der Waals surface area contributed by atoms with E-state index in [0.717, 1.165) is 11.3 Å². The summed E-state index contributed by atoms with van der Waals surface area (Å²) in [4.78, 5) is 20.6. The number of nitrogens with zero attached hydrogens (tertiary/aromatic N) is 2. The van der Waals surface area contributed by atoms with Crippen LogP contribution in [0.4, 0.5) is 8.78 Å². The predicted octanol–water partition coefficient (Wildman–Crippen LogP) is -9.68. The van der Waals surface area contributed by atoms with Crippen LogP contribution in [-0.4, -0.2) is 141 Å². The van der Waals surface area contributed by atoms with Crippen LogP contribution >= 0.6 is 11.6 Å². The number of amides is 1. The van der Waals surface area contributed by atoms with Crippen molar-refractivity contribution in [2.45, 2.75) is 37.2 Å². The lowest BCUT2D eigenvalue weighted by Crippen LogP contribution is -2.85. The summed E-state index contributed by atoms with van der Waals surface area (Å²) in [6.45, 7) is 0.0555. The average molecular weight is 548 g/mol. The van der Waals surface area contributed by atoms with Gasteiger partial charge in [-0.1, -0.05) is 22.8 Å². The first-order valence-electron chi connectivity index (χ1n) is 14.1. The van der Waals surface area contributed by atoms with Crippen LogP contribution in [0.3, 0.4) is 0 Å². The minimum Gasteiger partial charge on any atom is -0.361 e. The molecule has 0 aliphatic carbocycles. The van der Waals surface area contributed by atoms with E-state index in [1.165, 1.54) is 18.2 Å². The van der Waals surface area contributed by atoms with E-state index in [1.807, 2.05) is 90.7 Å². The van der Waals surface area contributed by atoms with E-state index < -0.39 is 37.9 Å². The molecular formula is C20H35B13ClF2N3O. The molecule has 1 aliphatic heterocycles. The molecule has 0 unspecified atom stereocenters. The Morgan fingerprint density at radius 2 is 1.45 bits per heavy atom. The van der Waals surface area contributed by atoms with Gasteiger partial charge in [-0.25, -0.2) is 8.78 Å². The molecule has 1 saturated heterocycles. The SMILES string of the molecule is BC(B)(B)c1ccc(C(B)(B)NCC2(F)C(B)(B)C(B)(B)N(C(=O)c3ccc(F)c(Cl)c3)C(B)(B)C2(B)B)nc1. The van der Waals surface area contributed by atoms with Crippen LogP contribution in [-0.2, 0) is 10.5 Å². The van der Waals surface area contributed by atoms with Gasteiger partial charge in [0.05, 0.1) is 28.6 Å². The number of rotatable bonds is 6. The Balaban J connectivity index is 2.04. The molecule has 40 heavy (non-hydrogen) atoms. The normalized spacial score (nSPS) is 20.9.